The number of nitrogens with zero attached hydrogens (tertiary/aromatic N) is 1. The topological polar surface area (TPSA) is 51.2 Å². The van der Waals surface area contributed by atoms with Crippen LogP contribution in [0, 0.1) is 13.8 Å². The van der Waals surface area contributed by atoms with E-state index >= 15 is 0 Å². The van der Waals surface area contributed by atoms with Gasteiger partial charge in [-0.1, -0.05) is 48.0 Å². The molecule has 0 saturated carbocycles. The molecule has 0 bridgehead atoms. The average molecular weight is 386 g/mol. The van der Waals surface area contributed by atoms with Crippen LogP contribution in [0.3, 0.4) is 0 Å². The number of pyridine rings is 1. The van der Waals surface area contributed by atoms with Crippen molar-refractivity contribution in [3.05, 3.63) is 83.0 Å². The van der Waals surface area contributed by atoms with E-state index in [1.165, 1.54) is 16.7 Å². The number of ether oxygens (including phenoxy) is 1. The van der Waals surface area contributed by atoms with Crippen molar-refractivity contribution in [1.82, 2.24) is 10.3 Å². The molecule has 2 heterocycles. The number of para-hydroxylation sites is 1. The Balaban J connectivity index is 1.33. The molecule has 148 valence electrons. The molecule has 1 aliphatic rings. The molecule has 1 aromatic heterocycles. The van der Waals surface area contributed by atoms with E-state index in [-0.39, 0.29) is 12.0 Å². The van der Waals surface area contributed by atoms with E-state index in [2.05, 4.69) is 53.6 Å². The number of carbonyl (C=O) groups excluding carboxylic acids is 1. The Kier molecular flexibility index (Phi) is 5.61. The van der Waals surface area contributed by atoms with Gasteiger partial charge < -0.3 is 10.1 Å². The van der Waals surface area contributed by atoms with E-state index in [1.54, 1.807) is 0 Å². The van der Waals surface area contributed by atoms with Crippen molar-refractivity contribution in [2.45, 2.75) is 39.2 Å². The Labute approximate surface area is 172 Å². The maximum absolute atomic E-state index is 12.3. The van der Waals surface area contributed by atoms with Crippen LogP contribution in [0.25, 0.3) is 11.3 Å². The van der Waals surface area contributed by atoms with Crippen LogP contribution in [0.1, 0.15) is 28.7 Å². The van der Waals surface area contributed by atoms with Crippen LogP contribution in [0.5, 0.6) is 5.75 Å². The monoisotopic (exact) mass is 386 g/mol. The third kappa shape index (κ3) is 4.65. The van der Waals surface area contributed by atoms with Crippen molar-refractivity contribution < 1.29 is 9.53 Å². The number of rotatable bonds is 6. The van der Waals surface area contributed by atoms with Gasteiger partial charge in [0, 0.05) is 24.6 Å². The molecular weight excluding hydrogens is 360 g/mol. The molecule has 4 nitrogen and oxygen atoms in total. The van der Waals surface area contributed by atoms with Crippen molar-refractivity contribution in [2.24, 2.45) is 0 Å². The third-order valence-corrected chi connectivity index (χ3v) is 5.30. The standard InChI is InChI=1S/C25H26N2O2/c1-17-6-9-19(10-7-17)11-13-24(28)27-16-21-14-20-4-3-5-22(25(20)29-21)23-12-8-18(2)15-26-23/h3-10,12,15,21H,11,13-14,16H2,1-2H3,(H,27,28). The summed E-state index contributed by atoms with van der Waals surface area (Å²) in [5.74, 6) is 0.952. The number of fused-ring (bicyclic) bond motifs is 1. The highest BCUT2D eigenvalue weighted by atomic mass is 16.5. The van der Waals surface area contributed by atoms with Gasteiger partial charge in [0.2, 0.25) is 5.91 Å². The number of aromatic nitrogens is 1. The van der Waals surface area contributed by atoms with Crippen molar-refractivity contribution >= 4 is 5.91 Å². The summed E-state index contributed by atoms with van der Waals surface area (Å²) in [5.41, 5.74) is 6.64. The van der Waals surface area contributed by atoms with Crippen LogP contribution in [0.4, 0.5) is 0 Å². The van der Waals surface area contributed by atoms with Gasteiger partial charge in [0.25, 0.3) is 0 Å². The zero-order valence-electron chi connectivity index (χ0n) is 16.9. The van der Waals surface area contributed by atoms with Crippen LogP contribution in [0.2, 0.25) is 0 Å². The Morgan fingerprint density at radius 1 is 1.07 bits per heavy atom. The number of carbonyl (C=O) groups is 1. The lowest BCUT2D eigenvalue weighted by Crippen LogP contribution is -2.34. The van der Waals surface area contributed by atoms with Gasteiger partial charge >= 0.3 is 0 Å². The molecule has 1 atom stereocenters. The molecular formula is C25H26N2O2. The van der Waals surface area contributed by atoms with Gasteiger partial charge in [-0.2, -0.15) is 0 Å². The van der Waals surface area contributed by atoms with Crippen LogP contribution in [-0.2, 0) is 17.6 Å². The van der Waals surface area contributed by atoms with E-state index < -0.39 is 0 Å². The zero-order valence-corrected chi connectivity index (χ0v) is 16.9. The van der Waals surface area contributed by atoms with Gasteiger partial charge in [-0.25, -0.2) is 0 Å². The highest BCUT2D eigenvalue weighted by Gasteiger charge is 2.26. The van der Waals surface area contributed by atoms with Gasteiger partial charge in [0.05, 0.1) is 12.2 Å². The smallest absolute Gasteiger partial charge is 0.220 e. The van der Waals surface area contributed by atoms with E-state index in [9.17, 15) is 4.79 Å². The molecule has 1 aliphatic heterocycles. The van der Waals surface area contributed by atoms with Crippen molar-refractivity contribution in [2.75, 3.05) is 6.54 Å². The second kappa shape index (κ2) is 8.48. The Hall–Kier alpha value is -3.14. The summed E-state index contributed by atoms with van der Waals surface area (Å²) in [6.07, 6.45) is 3.87. The summed E-state index contributed by atoms with van der Waals surface area (Å²) in [6.45, 7) is 4.61. The molecule has 2 aromatic carbocycles. The molecule has 4 rings (SSSR count). The Morgan fingerprint density at radius 3 is 2.62 bits per heavy atom. The lowest BCUT2D eigenvalue weighted by molar-refractivity contribution is -0.121. The summed E-state index contributed by atoms with van der Waals surface area (Å²) in [7, 11) is 0. The molecule has 0 fully saturated rings. The summed E-state index contributed by atoms with van der Waals surface area (Å²) < 4.78 is 6.19. The molecule has 1 unspecified atom stereocenters. The predicted molar refractivity (Wildman–Crippen MR) is 115 cm³/mol. The first-order valence-corrected chi connectivity index (χ1v) is 10.1. The molecule has 1 N–H and O–H groups in total. The van der Waals surface area contributed by atoms with Crippen LogP contribution in [-0.4, -0.2) is 23.5 Å². The van der Waals surface area contributed by atoms with Crippen LogP contribution >= 0.6 is 0 Å². The fourth-order valence-corrected chi connectivity index (χ4v) is 3.61. The highest BCUT2D eigenvalue weighted by Crippen LogP contribution is 2.37. The lowest BCUT2D eigenvalue weighted by Gasteiger charge is -2.13. The van der Waals surface area contributed by atoms with Gasteiger partial charge in [-0.05, 0) is 49.1 Å². The first kappa shape index (κ1) is 19.2. The van der Waals surface area contributed by atoms with Crippen molar-refractivity contribution in [1.29, 1.82) is 0 Å². The molecule has 0 radical (unpaired) electrons. The minimum atomic E-state index is -0.0417. The number of benzene rings is 2. The fraction of sp³-hybridized carbons (Fsp3) is 0.280. The van der Waals surface area contributed by atoms with Crippen LogP contribution in [0.15, 0.2) is 60.8 Å². The minimum Gasteiger partial charge on any atom is -0.487 e. The Morgan fingerprint density at radius 2 is 1.86 bits per heavy atom. The number of hydrogen-bond acceptors (Lipinski definition) is 3. The van der Waals surface area contributed by atoms with Gasteiger partial charge in [0.1, 0.15) is 11.9 Å². The van der Waals surface area contributed by atoms with Gasteiger partial charge in [0.15, 0.2) is 0 Å². The summed E-state index contributed by atoms with van der Waals surface area (Å²) in [4.78, 5) is 16.8. The first-order chi connectivity index (χ1) is 14.1. The molecule has 0 saturated heterocycles. The molecule has 3 aromatic rings. The molecule has 0 spiro atoms. The Bertz CT molecular complexity index is 994. The quantitative estimate of drug-likeness (QED) is 0.682. The highest BCUT2D eigenvalue weighted by molar-refractivity contribution is 5.76. The van der Waals surface area contributed by atoms with Gasteiger partial charge in [-0.15, -0.1) is 0 Å². The SMILES string of the molecule is Cc1ccc(CCC(=O)NCC2Cc3cccc(-c4ccc(C)cn4)c3O2)cc1. The maximum Gasteiger partial charge on any atom is 0.220 e. The maximum atomic E-state index is 12.3. The molecule has 0 aliphatic carbocycles. The summed E-state index contributed by atoms with van der Waals surface area (Å²) in [6, 6.07) is 18.6. The average Bonchev–Trinajstić information content (AvgIpc) is 3.16. The normalized spacial score (nSPS) is 14.9. The van der Waals surface area contributed by atoms with Crippen molar-refractivity contribution in [3.63, 3.8) is 0 Å². The number of aryl methyl sites for hydroxylation is 3. The predicted octanol–water partition coefficient (Wildman–Crippen LogP) is 4.42. The van der Waals surface area contributed by atoms with E-state index in [0.29, 0.717) is 13.0 Å². The van der Waals surface area contributed by atoms with E-state index in [0.717, 1.165) is 35.4 Å². The number of nitrogens with one attached hydrogen (secondary N) is 1. The minimum absolute atomic E-state index is 0.0417. The third-order valence-electron chi connectivity index (χ3n) is 5.30. The number of hydrogen-bond donors (Lipinski definition) is 1. The largest absolute Gasteiger partial charge is 0.487 e. The van der Waals surface area contributed by atoms with Crippen LogP contribution < -0.4 is 10.1 Å². The lowest BCUT2D eigenvalue weighted by atomic mass is 10.0. The van der Waals surface area contributed by atoms with E-state index in [1.807, 2.05) is 31.3 Å². The van der Waals surface area contributed by atoms with Crippen molar-refractivity contribution in [3.8, 4) is 17.0 Å². The second-order valence-electron chi connectivity index (χ2n) is 7.75. The zero-order chi connectivity index (χ0) is 20.2. The second-order valence-corrected chi connectivity index (χ2v) is 7.75. The summed E-state index contributed by atoms with van der Waals surface area (Å²) in [5, 5.41) is 3.03. The molecule has 4 heteroatoms. The molecule has 1 amide bonds. The molecule has 29 heavy (non-hydrogen) atoms. The van der Waals surface area contributed by atoms with E-state index in [4.69, 9.17) is 4.74 Å². The first-order valence-electron chi connectivity index (χ1n) is 10.1. The fourth-order valence-electron chi connectivity index (χ4n) is 3.61. The number of amides is 1. The summed E-state index contributed by atoms with van der Waals surface area (Å²) >= 11 is 0. The van der Waals surface area contributed by atoms with Gasteiger partial charge in [-0.3, -0.25) is 9.78 Å².